The van der Waals surface area contributed by atoms with E-state index >= 15 is 0 Å². The van der Waals surface area contributed by atoms with Crippen molar-refractivity contribution < 1.29 is 4.74 Å². The predicted molar refractivity (Wildman–Crippen MR) is 67.8 cm³/mol. The molecule has 1 aromatic carbocycles. The van der Waals surface area contributed by atoms with Crippen LogP contribution in [0.3, 0.4) is 0 Å². The average molecular weight is 238 g/mol. The van der Waals surface area contributed by atoms with Gasteiger partial charge in [0.05, 0.1) is 12.1 Å². The molecule has 0 bridgehead atoms. The van der Waals surface area contributed by atoms with Crippen molar-refractivity contribution in [3.8, 4) is 5.75 Å². The molecule has 0 saturated carbocycles. The Hall–Kier alpha value is -0.990. The molecular weight excluding hydrogens is 222 g/mol. The zero-order chi connectivity index (χ0) is 11.5. The highest BCUT2D eigenvalue weighted by molar-refractivity contribution is 6.32. The fraction of sp³-hybridized carbons (Fsp3) is 0.385. The predicted octanol–water partition coefficient (Wildman–Crippen LogP) is 3.24. The lowest BCUT2D eigenvalue weighted by Gasteiger charge is -2.18. The molecule has 0 heterocycles. The van der Waals surface area contributed by atoms with E-state index in [1.807, 2.05) is 18.2 Å². The van der Waals surface area contributed by atoms with Crippen LogP contribution in [0.1, 0.15) is 24.8 Å². The van der Waals surface area contributed by atoms with Gasteiger partial charge in [0.15, 0.2) is 0 Å². The molecule has 0 radical (unpaired) electrons. The molecule has 0 amide bonds. The lowest BCUT2D eigenvalue weighted by molar-refractivity contribution is 0.415. The van der Waals surface area contributed by atoms with E-state index in [2.05, 4.69) is 6.08 Å². The van der Waals surface area contributed by atoms with Crippen molar-refractivity contribution in [1.29, 1.82) is 0 Å². The van der Waals surface area contributed by atoms with E-state index in [0.29, 0.717) is 5.02 Å². The SMILES string of the molecule is COc1cc(C2=CC(N)CCC2)ccc1Cl. The number of hydrogen-bond acceptors (Lipinski definition) is 2. The minimum atomic E-state index is 0.186. The molecule has 0 fully saturated rings. The minimum Gasteiger partial charge on any atom is -0.495 e. The quantitative estimate of drug-likeness (QED) is 0.857. The fourth-order valence-electron chi connectivity index (χ4n) is 2.05. The third kappa shape index (κ3) is 2.39. The van der Waals surface area contributed by atoms with E-state index in [1.54, 1.807) is 7.11 Å². The number of rotatable bonds is 2. The molecule has 2 rings (SSSR count). The molecule has 2 N–H and O–H groups in total. The van der Waals surface area contributed by atoms with Crippen LogP contribution in [0.25, 0.3) is 5.57 Å². The molecule has 86 valence electrons. The molecule has 1 unspecified atom stereocenters. The summed E-state index contributed by atoms with van der Waals surface area (Å²) in [6.45, 7) is 0. The maximum atomic E-state index is 5.99. The van der Waals surface area contributed by atoms with Crippen LogP contribution >= 0.6 is 11.6 Å². The molecule has 1 atom stereocenters. The Balaban J connectivity index is 2.33. The highest BCUT2D eigenvalue weighted by atomic mass is 35.5. The van der Waals surface area contributed by atoms with E-state index in [1.165, 1.54) is 5.57 Å². The first-order valence-electron chi connectivity index (χ1n) is 5.51. The Morgan fingerprint density at radius 2 is 2.25 bits per heavy atom. The molecule has 0 aliphatic heterocycles. The summed E-state index contributed by atoms with van der Waals surface area (Å²) in [7, 11) is 1.63. The molecule has 1 aromatic rings. The summed E-state index contributed by atoms with van der Waals surface area (Å²) < 4.78 is 5.21. The summed E-state index contributed by atoms with van der Waals surface area (Å²) in [5, 5.41) is 0.645. The molecule has 16 heavy (non-hydrogen) atoms. The van der Waals surface area contributed by atoms with Crippen molar-refractivity contribution in [2.45, 2.75) is 25.3 Å². The standard InChI is InChI=1S/C13H16ClNO/c1-16-13-8-10(5-6-12(13)14)9-3-2-4-11(15)7-9/h5-8,11H,2-4,15H2,1H3. The van der Waals surface area contributed by atoms with Gasteiger partial charge in [-0.3, -0.25) is 0 Å². The number of benzene rings is 1. The molecule has 1 aliphatic carbocycles. The molecule has 0 spiro atoms. The zero-order valence-electron chi connectivity index (χ0n) is 9.37. The van der Waals surface area contributed by atoms with Crippen molar-refractivity contribution in [3.63, 3.8) is 0 Å². The van der Waals surface area contributed by atoms with Crippen molar-refractivity contribution in [2.24, 2.45) is 5.73 Å². The summed E-state index contributed by atoms with van der Waals surface area (Å²) in [5.41, 5.74) is 8.39. The third-order valence-corrected chi connectivity index (χ3v) is 3.23. The summed E-state index contributed by atoms with van der Waals surface area (Å²) in [6, 6.07) is 6.06. The van der Waals surface area contributed by atoms with Gasteiger partial charge in [0, 0.05) is 6.04 Å². The van der Waals surface area contributed by atoms with Gasteiger partial charge < -0.3 is 10.5 Å². The number of methoxy groups -OCH3 is 1. The van der Waals surface area contributed by atoms with Crippen molar-refractivity contribution in [2.75, 3.05) is 7.11 Å². The normalized spacial score (nSPS) is 20.4. The molecule has 1 aliphatic rings. The topological polar surface area (TPSA) is 35.2 Å². The van der Waals surface area contributed by atoms with Crippen LogP contribution in [0.5, 0.6) is 5.75 Å². The highest BCUT2D eigenvalue weighted by Gasteiger charge is 2.12. The van der Waals surface area contributed by atoms with Crippen LogP contribution in [0, 0.1) is 0 Å². The van der Waals surface area contributed by atoms with Gasteiger partial charge >= 0.3 is 0 Å². The number of hydrogen-bond donors (Lipinski definition) is 1. The van der Waals surface area contributed by atoms with E-state index in [9.17, 15) is 0 Å². The van der Waals surface area contributed by atoms with Crippen LogP contribution in [0.15, 0.2) is 24.3 Å². The minimum absolute atomic E-state index is 0.186. The molecular formula is C13H16ClNO. The number of allylic oxidation sites excluding steroid dienone is 1. The molecule has 3 heteroatoms. The monoisotopic (exact) mass is 237 g/mol. The Labute approximate surface area is 101 Å². The Kier molecular flexibility index (Phi) is 3.52. The van der Waals surface area contributed by atoms with Gasteiger partial charge in [-0.2, -0.15) is 0 Å². The van der Waals surface area contributed by atoms with Crippen LogP contribution in [-0.2, 0) is 0 Å². The van der Waals surface area contributed by atoms with Crippen molar-refractivity contribution in [1.82, 2.24) is 0 Å². The van der Waals surface area contributed by atoms with Gasteiger partial charge in [0.2, 0.25) is 0 Å². The Bertz CT molecular complexity index is 414. The Morgan fingerprint density at radius 3 is 2.94 bits per heavy atom. The first-order chi connectivity index (χ1) is 7.70. The lowest BCUT2D eigenvalue weighted by atomic mass is 9.91. The van der Waals surface area contributed by atoms with E-state index in [4.69, 9.17) is 22.1 Å². The summed E-state index contributed by atoms with van der Waals surface area (Å²) >= 11 is 5.99. The summed E-state index contributed by atoms with van der Waals surface area (Å²) in [4.78, 5) is 0. The summed E-state index contributed by atoms with van der Waals surface area (Å²) in [5.74, 6) is 0.721. The largest absolute Gasteiger partial charge is 0.495 e. The number of ether oxygens (including phenoxy) is 1. The van der Waals surface area contributed by atoms with E-state index < -0.39 is 0 Å². The fourth-order valence-corrected chi connectivity index (χ4v) is 2.25. The molecule has 0 saturated heterocycles. The molecule has 2 nitrogen and oxygen atoms in total. The van der Waals surface area contributed by atoms with Gasteiger partial charge in [0.25, 0.3) is 0 Å². The zero-order valence-corrected chi connectivity index (χ0v) is 10.1. The van der Waals surface area contributed by atoms with Gasteiger partial charge in [-0.05, 0) is 42.5 Å². The maximum Gasteiger partial charge on any atom is 0.138 e. The average Bonchev–Trinajstić information content (AvgIpc) is 2.29. The van der Waals surface area contributed by atoms with Gasteiger partial charge in [0.1, 0.15) is 5.75 Å². The van der Waals surface area contributed by atoms with Crippen LogP contribution in [-0.4, -0.2) is 13.2 Å². The van der Waals surface area contributed by atoms with Gasteiger partial charge in [-0.25, -0.2) is 0 Å². The Morgan fingerprint density at radius 1 is 1.44 bits per heavy atom. The van der Waals surface area contributed by atoms with Crippen molar-refractivity contribution >= 4 is 17.2 Å². The van der Waals surface area contributed by atoms with Gasteiger partial charge in [-0.15, -0.1) is 0 Å². The second kappa shape index (κ2) is 4.89. The highest BCUT2D eigenvalue weighted by Crippen LogP contribution is 2.32. The second-order valence-electron chi connectivity index (χ2n) is 4.10. The first kappa shape index (κ1) is 11.5. The lowest BCUT2D eigenvalue weighted by Crippen LogP contribution is -2.19. The second-order valence-corrected chi connectivity index (χ2v) is 4.50. The van der Waals surface area contributed by atoms with Crippen LogP contribution in [0.4, 0.5) is 0 Å². The van der Waals surface area contributed by atoms with E-state index in [-0.39, 0.29) is 6.04 Å². The molecule has 0 aromatic heterocycles. The third-order valence-electron chi connectivity index (χ3n) is 2.92. The summed E-state index contributed by atoms with van der Waals surface area (Å²) in [6.07, 6.45) is 5.46. The smallest absolute Gasteiger partial charge is 0.138 e. The van der Waals surface area contributed by atoms with Gasteiger partial charge in [-0.1, -0.05) is 23.7 Å². The van der Waals surface area contributed by atoms with Crippen molar-refractivity contribution in [3.05, 3.63) is 34.9 Å². The first-order valence-corrected chi connectivity index (χ1v) is 5.88. The van der Waals surface area contributed by atoms with Crippen LogP contribution in [0.2, 0.25) is 5.02 Å². The number of nitrogens with two attached hydrogens (primary N) is 1. The maximum absolute atomic E-state index is 5.99. The van der Waals surface area contributed by atoms with Crippen LogP contribution < -0.4 is 10.5 Å². The van der Waals surface area contributed by atoms with E-state index in [0.717, 1.165) is 30.6 Å². The number of halogens is 1.